The first-order chi connectivity index (χ1) is 13.6. The van der Waals surface area contributed by atoms with Gasteiger partial charge >= 0.3 is 5.69 Å². The van der Waals surface area contributed by atoms with Gasteiger partial charge in [0, 0.05) is 32.3 Å². The third kappa shape index (κ3) is 5.23. The predicted molar refractivity (Wildman–Crippen MR) is 109 cm³/mol. The summed E-state index contributed by atoms with van der Waals surface area (Å²) in [6.07, 6.45) is 0. The van der Waals surface area contributed by atoms with Crippen LogP contribution >= 0.6 is 11.6 Å². The molecule has 0 saturated heterocycles. The zero-order chi connectivity index (χ0) is 21.7. The molecular formula is C17H17ClN6O5. The molecule has 152 valence electrons. The molecule has 11 nitrogen and oxygen atoms in total. The summed E-state index contributed by atoms with van der Waals surface area (Å²) in [6.45, 7) is 4.02. The van der Waals surface area contributed by atoms with E-state index in [-0.39, 0.29) is 22.3 Å². The Morgan fingerprint density at radius 1 is 1.17 bits per heavy atom. The molecule has 0 saturated carbocycles. The summed E-state index contributed by atoms with van der Waals surface area (Å²) in [7, 11) is 1.87. The second-order valence-corrected chi connectivity index (χ2v) is 6.31. The Morgan fingerprint density at radius 3 is 2.41 bits per heavy atom. The van der Waals surface area contributed by atoms with Crippen molar-refractivity contribution in [2.45, 2.75) is 13.8 Å². The van der Waals surface area contributed by atoms with Crippen LogP contribution in [-0.2, 0) is 4.79 Å². The number of benzene rings is 2. The molecule has 0 aliphatic rings. The SMILES string of the molecule is CCN(C)c1ccc(N=Nc2c(Cl)cc([N+](=O)[O-])cc2[N+](=O)[O-])c(NC(C)=O)c1. The minimum atomic E-state index is -0.832. The highest BCUT2D eigenvalue weighted by molar-refractivity contribution is 6.33. The van der Waals surface area contributed by atoms with Gasteiger partial charge in [0.15, 0.2) is 5.69 Å². The van der Waals surface area contributed by atoms with Crippen LogP contribution in [-0.4, -0.2) is 29.3 Å². The lowest BCUT2D eigenvalue weighted by molar-refractivity contribution is -0.393. The maximum absolute atomic E-state index is 11.5. The zero-order valence-electron chi connectivity index (χ0n) is 15.7. The van der Waals surface area contributed by atoms with Crippen LogP contribution in [0.1, 0.15) is 13.8 Å². The van der Waals surface area contributed by atoms with E-state index in [1.807, 2.05) is 18.9 Å². The third-order valence-electron chi connectivity index (χ3n) is 3.90. The van der Waals surface area contributed by atoms with E-state index < -0.39 is 21.2 Å². The van der Waals surface area contributed by atoms with Gasteiger partial charge in [0.25, 0.3) is 5.69 Å². The van der Waals surface area contributed by atoms with Gasteiger partial charge < -0.3 is 10.2 Å². The van der Waals surface area contributed by atoms with Gasteiger partial charge in [0.1, 0.15) is 5.69 Å². The Labute approximate surface area is 170 Å². The van der Waals surface area contributed by atoms with Crippen LogP contribution in [0.25, 0.3) is 0 Å². The first-order valence-corrected chi connectivity index (χ1v) is 8.68. The molecule has 2 rings (SSSR count). The molecule has 0 aliphatic heterocycles. The van der Waals surface area contributed by atoms with E-state index in [9.17, 15) is 25.0 Å². The molecule has 0 aromatic heterocycles. The standard InChI is InChI=1S/C17H17ClN6O5/c1-4-22(3)11-5-6-14(15(8-11)19-10(2)25)20-21-17-13(18)7-12(23(26)27)9-16(17)24(28)29/h5-9H,4H2,1-3H3,(H,19,25). The van der Waals surface area contributed by atoms with Crippen LogP contribution in [0.3, 0.4) is 0 Å². The lowest BCUT2D eigenvalue weighted by Crippen LogP contribution is -2.16. The first-order valence-electron chi connectivity index (χ1n) is 8.30. The highest BCUT2D eigenvalue weighted by Gasteiger charge is 2.24. The maximum atomic E-state index is 11.5. The van der Waals surface area contributed by atoms with Crippen molar-refractivity contribution >= 4 is 51.6 Å². The number of hydrogen-bond donors (Lipinski definition) is 1. The number of nitro groups is 2. The third-order valence-corrected chi connectivity index (χ3v) is 4.19. The summed E-state index contributed by atoms with van der Waals surface area (Å²) in [5.41, 5.74) is -0.125. The van der Waals surface area contributed by atoms with Gasteiger partial charge in [0.2, 0.25) is 5.91 Å². The number of nitro benzene ring substituents is 2. The highest BCUT2D eigenvalue weighted by Crippen LogP contribution is 2.40. The number of hydrogen-bond acceptors (Lipinski definition) is 8. The van der Waals surface area contributed by atoms with Gasteiger partial charge in [-0.25, -0.2) is 0 Å². The van der Waals surface area contributed by atoms with Crippen molar-refractivity contribution < 1.29 is 14.6 Å². The summed E-state index contributed by atoms with van der Waals surface area (Å²) < 4.78 is 0. The fraction of sp³-hybridized carbons (Fsp3) is 0.235. The van der Waals surface area contributed by atoms with E-state index in [1.54, 1.807) is 18.2 Å². The first kappa shape index (κ1) is 21.7. The Morgan fingerprint density at radius 2 is 1.86 bits per heavy atom. The van der Waals surface area contributed by atoms with E-state index in [0.717, 1.165) is 24.4 Å². The van der Waals surface area contributed by atoms with Gasteiger partial charge in [-0.05, 0) is 25.1 Å². The average Bonchev–Trinajstić information content (AvgIpc) is 2.65. The van der Waals surface area contributed by atoms with Crippen molar-refractivity contribution in [2.24, 2.45) is 10.2 Å². The Kier molecular flexibility index (Phi) is 6.78. The topological polar surface area (TPSA) is 143 Å². The molecule has 0 bridgehead atoms. The van der Waals surface area contributed by atoms with E-state index in [4.69, 9.17) is 11.6 Å². The van der Waals surface area contributed by atoms with Crippen molar-refractivity contribution in [3.63, 3.8) is 0 Å². The minimum Gasteiger partial charge on any atom is -0.375 e. The van der Waals surface area contributed by atoms with Gasteiger partial charge in [0.05, 0.1) is 26.6 Å². The summed E-state index contributed by atoms with van der Waals surface area (Å²) in [5.74, 6) is -0.336. The lowest BCUT2D eigenvalue weighted by atomic mass is 10.2. The number of amides is 1. The fourth-order valence-corrected chi connectivity index (χ4v) is 2.59. The van der Waals surface area contributed by atoms with E-state index >= 15 is 0 Å². The van der Waals surface area contributed by atoms with Crippen LogP contribution in [0.15, 0.2) is 40.6 Å². The van der Waals surface area contributed by atoms with Crippen LogP contribution in [0, 0.1) is 20.2 Å². The summed E-state index contributed by atoms with van der Waals surface area (Å²) >= 11 is 5.96. The molecule has 0 heterocycles. The lowest BCUT2D eigenvalue weighted by Gasteiger charge is -2.18. The van der Waals surface area contributed by atoms with Gasteiger partial charge in [-0.15, -0.1) is 10.2 Å². The molecule has 2 aromatic rings. The highest BCUT2D eigenvalue weighted by atomic mass is 35.5. The number of rotatable bonds is 7. The van der Waals surface area contributed by atoms with Crippen molar-refractivity contribution in [1.29, 1.82) is 0 Å². The summed E-state index contributed by atoms with van der Waals surface area (Å²) in [5, 5.41) is 32.3. The normalized spacial score (nSPS) is 10.8. The number of azo groups is 1. The molecule has 0 fully saturated rings. The van der Waals surface area contributed by atoms with Crippen LogP contribution in [0.2, 0.25) is 5.02 Å². The minimum absolute atomic E-state index is 0.233. The average molecular weight is 421 g/mol. The molecule has 29 heavy (non-hydrogen) atoms. The molecular weight excluding hydrogens is 404 g/mol. The molecule has 0 unspecified atom stereocenters. The molecule has 0 atom stereocenters. The van der Waals surface area contributed by atoms with Crippen LogP contribution in [0.4, 0.5) is 34.1 Å². The fourth-order valence-electron chi connectivity index (χ4n) is 2.34. The molecule has 1 amide bonds. The number of carbonyl (C=O) groups excluding carboxylic acids is 1. The van der Waals surface area contributed by atoms with E-state index in [0.29, 0.717) is 5.69 Å². The largest absolute Gasteiger partial charge is 0.375 e. The predicted octanol–water partition coefficient (Wildman–Crippen LogP) is 4.99. The summed E-state index contributed by atoms with van der Waals surface area (Å²) in [4.78, 5) is 34.0. The maximum Gasteiger partial charge on any atom is 0.305 e. The molecule has 0 radical (unpaired) electrons. The molecule has 0 aliphatic carbocycles. The molecule has 0 spiro atoms. The quantitative estimate of drug-likeness (QED) is 0.379. The van der Waals surface area contributed by atoms with Gasteiger partial charge in [-0.1, -0.05) is 11.6 Å². The van der Waals surface area contributed by atoms with Crippen LogP contribution in [0.5, 0.6) is 0 Å². The second-order valence-electron chi connectivity index (χ2n) is 5.91. The summed E-state index contributed by atoms with van der Waals surface area (Å²) in [6, 6.07) is 6.73. The Hall–Kier alpha value is -3.60. The number of halogens is 1. The van der Waals surface area contributed by atoms with Crippen LogP contribution < -0.4 is 10.2 Å². The number of carbonyl (C=O) groups is 1. The van der Waals surface area contributed by atoms with Crippen molar-refractivity contribution in [1.82, 2.24) is 0 Å². The Bertz CT molecular complexity index is 1010. The second kappa shape index (κ2) is 9.06. The number of non-ortho nitro benzene ring substituents is 1. The van der Waals surface area contributed by atoms with Crippen molar-refractivity contribution in [3.05, 3.63) is 55.6 Å². The van der Waals surface area contributed by atoms with Gasteiger partial charge in [-0.3, -0.25) is 25.0 Å². The number of anilines is 2. The molecule has 1 N–H and O–H groups in total. The van der Waals surface area contributed by atoms with Crippen molar-refractivity contribution in [3.8, 4) is 0 Å². The molecule has 12 heteroatoms. The smallest absolute Gasteiger partial charge is 0.305 e. The van der Waals surface area contributed by atoms with E-state index in [2.05, 4.69) is 15.5 Å². The van der Waals surface area contributed by atoms with Gasteiger partial charge in [-0.2, -0.15) is 0 Å². The van der Waals surface area contributed by atoms with E-state index in [1.165, 1.54) is 6.92 Å². The van der Waals surface area contributed by atoms with Crippen molar-refractivity contribution in [2.75, 3.05) is 23.8 Å². The number of nitrogens with one attached hydrogen (secondary N) is 1. The Balaban J connectivity index is 2.54. The monoisotopic (exact) mass is 420 g/mol. The molecule has 2 aromatic carbocycles. The zero-order valence-corrected chi connectivity index (χ0v) is 16.5. The number of nitrogens with zero attached hydrogens (tertiary/aromatic N) is 5.